The number of fused-ring (bicyclic) bond motifs is 1. The summed E-state index contributed by atoms with van der Waals surface area (Å²) in [5.41, 5.74) is 3.07. The SMILES string of the molecule is Cc1cnc2c(CC3CC(=O)N(C)C3=O)cccc2c1. The minimum absolute atomic E-state index is 0.0842. The third-order valence-corrected chi connectivity index (χ3v) is 3.87. The van der Waals surface area contributed by atoms with Crippen molar-refractivity contribution in [3.05, 3.63) is 41.6 Å². The first-order chi connectivity index (χ1) is 9.56. The molecule has 3 rings (SSSR count). The lowest BCUT2D eigenvalue weighted by atomic mass is 9.96. The van der Waals surface area contributed by atoms with Crippen molar-refractivity contribution in [1.82, 2.24) is 9.88 Å². The van der Waals surface area contributed by atoms with E-state index in [9.17, 15) is 9.59 Å². The first-order valence-electron chi connectivity index (χ1n) is 6.71. The number of carbonyl (C=O) groups is 2. The van der Waals surface area contributed by atoms with Crippen molar-refractivity contribution < 1.29 is 9.59 Å². The average Bonchev–Trinajstić information content (AvgIpc) is 2.66. The fourth-order valence-corrected chi connectivity index (χ4v) is 2.76. The first kappa shape index (κ1) is 12.8. The molecule has 1 saturated heterocycles. The molecule has 2 heterocycles. The molecule has 4 nitrogen and oxygen atoms in total. The van der Waals surface area contributed by atoms with Crippen LogP contribution in [0.5, 0.6) is 0 Å². The second-order valence-electron chi connectivity index (χ2n) is 5.40. The Balaban J connectivity index is 1.96. The number of nitrogens with zero attached hydrogens (tertiary/aromatic N) is 2. The van der Waals surface area contributed by atoms with E-state index in [1.165, 1.54) is 4.90 Å². The lowest BCUT2D eigenvalue weighted by Crippen LogP contribution is -2.26. The number of benzene rings is 1. The summed E-state index contributed by atoms with van der Waals surface area (Å²) in [6.07, 6.45) is 2.71. The Hall–Kier alpha value is -2.23. The standard InChI is InChI=1S/C16H16N2O2/c1-10-6-11-4-3-5-12(15(11)17-9-10)7-13-8-14(19)18(2)16(13)20/h3-6,9,13H,7-8H2,1-2H3. The smallest absolute Gasteiger partial charge is 0.232 e. The molecule has 0 radical (unpaired) electrons. The number of aryl methyl sites for hydroxylation is 1. The van der Waals surface area contributed by atoms with Gasteiger partial charge >= 0.3 is 0 Å². The maximum absolute atomic E-state index is 12.0. The molecule has 0 saturated carbocycles. The molecule has 1 aliphatic rings. The van der Waals surface area contributed by atoms with Crippen molar-refractivity contribution >= 4 is 22.7 Å². The maximum Gasteiger partial charge on any atom is 0.232 e. The Kier molecular flexibility index (Phi) is 3.01. The van der Waals surface area contributed by atoms with Crippen LogP contribution in [0.2, 0.25) is 0 Å². The lowest BCUT2D eigenvalue weighted by Gasteiger charge is -2.10. The molecule has 1 unspecified atom stereocenters. The largest absolute Gasteiger partial charge is 0.285 e. The zero-order chi connectivity index (χ0) is 14.3. The van der Waals surface area contributed by atoms with Crippen LogP contribution in [0.3, 0.4) is 0 Å². The summed E-state index contributed by atoms with van der Waals surface area (Å²) in [6, 6.07) is 8.07. The van der Waals surface area contributed by atoms with Crippen LogP contribution in [0, 0.1) is 12.8 Å². The number of hydrogen-bond acceptors (Lipinski definition) is 3. The third-order valence-electron chi connectivity index (χ3n) is 3.87. The quantitative estimate of drug-likeness (QED) is 0.784. The van der Waals surface area contributed by atoms with Crippen molar-refractivity contribution in [3.63, 3.8) is 0 Å². The van der Waals surface area contributed by atoms with Crippen molar-refractivity contribution in [2.45, 2.75) is 19.8 Å². The number of pyridine rings is 1. The Labute approximate surface area is 117 Å². The molecule has 0 aliphatic carbocycles. The van der Waals surface area contributed by atoms with Crippen LogP contribution >= 0.6 is 0 Å². The molecule has 0 bridgehead atoms. The van der Waals surface area contributed by atoms with Gasteiger partial charge < -0.3 is 0 Å². The lowest BCUT2D eigenvalue weighted by molar-refractivity contribution is -0.137. The van der Waals surface area contributed by atoms with Gasteiger partial charge in [0.15, 0.2) is 0 Å². The van der Waals surface area contributed by atoms with Gasteiger partial charge in [0, 0.05) is 25.1 Å². The summed E-state index contributed by atoms with van der Waals surface area (Å²) in [4.78, 5) is 29.3. The van der Waals surface area contributed by atoms with Crippen molar-refractivity contribution in [1.29, 1.82) is 0 Å². The van der Waals surface area contributed by atoms with Gasteiger partial charge in [0.05, 0.1) is 11.4 Å². The van der Waals surface area contributed by atoms with E-state index < -0.39 is 0 Å². The van der Waals surface area contributed by atoms with Gasteiger partial charge in [-0.25, -0.2) is 0 Å². The molecule has 1 aliphatic heterocycles. The predicted molar refractivity (Wildman–Crippen MR) is 76.1 cm³/mol. The van der Waals surface area contributed by atoms with Crippen LogP contribution in [0.25, 0.3) is 10.9 Å². The number of hydrogen-bond donors (Lipinski definition) is 0. The van der Waals surface area contributed by atoms with E-state index in [2.05, 4.69) is 11.1 Å². The summed E-state index contributed by atoms with van der Waals surface area (Å²) in [7, 11) is 1.55. The average molecular weight is 268 g/mol. The molecule has 2 amide bonds. The van der Waals surface area contributed by atoms with Gasteiger partial charge in [0.25, 0.3) is 0 Å². The normalized spacial score (nSPS) is 19.1. The van der Waals surface area contributed by atoms with E-state index in [-0.39, 0.29) is 17.7 Å². The Morgan fingerprint density at radius 3 is 2.85 bits per heavy atom. The van der Waals surface area contributed by atoms with Gasteiger partial charge in [0.1, 0.15) is 0 Å². The van der Waals surface area contributed by atoms with E-state index in [0.717, 1.165) is 22.0 Å². The van der Waals surface area contributed by atoms with Crippen molar-refractivity contribution in [3.8, 4) is 0 Å². The predicted octanol–water partition coefficient (Wildman–Crippen LogP) is 2.09. The van der Waals surface area contributed by atoms with E-state index >= 15 is 0 Å². The van der Waals surface area contributed by atoms with E-state index in [4.69, 9.17) is 0 Å². The number of imide groups is 1. The Morgan fingerprint density at radius 1 is 1.35 bits per heavy atom. The number of rotatable bonds is 2. The Bertz CT molecular complexity index is 709. The topological polar surface area (TPSA) is 50.3 Å². The minimum atomic E-state index is -0.249. The molecule has 102 valence electrons. The number of carbonyl (C=O) groups excluding carboxylic acids is 2. The summed E-state index contributed by atoms with van der Waals surface area (Å²) in [5.74, 6) is -0.427. The van der Waals surface area contributed by atoms with Gasteiger partial charge in [-0.2, -0.15) is 0 Å². The summed E-state index contributed by atoms with van der Waals surface area (Å²) in [6.45, 7) is 2.01. The zero-order valence-electron chi connectivity index (χ0n) is 11.6. The summed E-state index contributed by atoms with van der Waals surface area (Å²) < 4.78 is 0. The first-order valence-corrected chi connectivity index (χ1v) is 6.71. The molecule has 20 heavy (non-hydrogen) atoms. The molecular weight excluding hydrogens is 252 g/mol. The highest BCUT2D eigenvalue weighted by Crippen LogP contribution is 2.26. The molecule has 4 heteroatoms. The Morgan fingerprint density at radius 2 is 2.15 bits per heavy atom. The second kappa shape index (κ2) is 4.71. The molecule has 0 spiro atoms. The van der Waals surface area contributed by atoms with Crippen molar-refractivity contribution in [2.24, 2.45) is 5.92 Å². The minimum Gasteiger partial charge on any atom is -0.285 e. The number of aromatic nitrogens is 1. The zero-order valence-corrected chi connectivity index (χ0v) is 11.6. The van der Waals surface area contributed by atoms with Crippen LogP contribution in [-0.2, 0) is 16.0 Å². The van der Waals surface area contributed by atoms with E-state index in [0.29, 0.717) is 12.8 Å². The van der Waals surface area contributed by atoms with Crippen LogP contribution in [0.15, 0.2) is 30.5 Å². The van der Waals surface area contributed by atoms with E-state index in [1.54, 1.807) is 7.05 Å². The molecule has 0 N–H and O–H groups in total. The summed E-state index contributed by atoms with van der Waals surface area (Å²) in [5, 5.41) is 1.08. The molecule has 1 fully saturated rings. The van der Waals surface area contributed by atoms with Crippen LogP contribution in [0.1, 0.15) is 17.5 Å². The number of likely N-dealkylation sites (tertiary alicyclic amines) is 1. The van der Waals surface area contributed by atoms with E-state index in [1.807, 2.05) is 31.3 Å². The van der Waals surface area contributed by atoms with Crippen LogP contribution < -0.4 is 0 Å². The monoisotopic (exact) mass is 268 g/mol. The van der Waals surface area contributed by atoms with Crippen molar-refractivity contribution in [2.75, 3.05) is 7.05 Å². The highest BCUT2D eigenvalue weighted by Gasteiger charge is 2.36. The molecule has 1 atom stereocenters. The van der Waals surface area contributed by atoms with Gasteiger partial charge in [0.2, 0.25) is 11.8 Å². The molecular formula is C16H16N2O2. The second-order valence-corrected chi connectivity index (χ2v) is 5.40. The van der Waals surface area contributed by atoms with Gasteiger partial charge in [-0.3, -0.25) is 19.5 Å². The molecule has 2 aromatic rings. The van der Waals surface area contributed by atoms with Gasteiger partial charge in [-0.1, -0.05) is 18.2 Å². The number of amides is 2. The number of para-hydroxylation sites is 1. The molecule has 1 aromatic heterocycles. The van der Waals surface area contributed by atoms with Crippen LogP contribution in [-0.4, -0.2) is 28.7 Å². The molecule has 1 aromatic carbocycles. The fraction of sp³-hybridized carbons (Fsp3) is 0.312. The van der Waals surface area contributed by atoms with Crippen LogP contribution in [0.4, 0.5) is 0 Å². The highest BCUT2D eigenvalue weighted by atomic mass is 16.2. The third kappa shape index (κ3) is 2.07. The highest BCUT2D eigenvalue weighted by molar-refractivity contribution is 6.03. The summed E-state index contributed by atoms with van der Waals surface area (Å²) >= 11 is 0. The van der Waals surface area contributed by atoms with Gasteiger partial charge in [-0.05, 0) is 30.5 Å². The van der Waals surface area contributed by atoms with Gasteiger partial charge in [-0.15, -0.1) is 0 Å². The maximum atomic E-state index is 12.0. The fourth-order valence-electron chi connectivity index (χ4n) is 2.76.